The first kappa shape index (κ1) is 13.8. The average molecular weight is 313 g/mol. The molecule has 0 bridgehead atoms. The van der Waals surface area contributed by atoms with E-state index in [0.717, 1.165) is 34.1 Å². The zero-order valence-corrected chi connectivity index (χ0v) is 13.4. The van der Waals surface area contributed by atoms with Crippen LogP contribution in [0.3, 0.4) is 0 Å². The van der Waals surface area contributed by atoms with Gasteiger partial charge in [-0.25, -0.2) is 4.98 Å². The molecule has 2 N–H and O–H groups in total. The lowest BCUT2D eigenvalue weighted by atomic mass is 10.0. The molecule has 0 amide bonds. The molecule has 4 rings (SSSR count). The molecule has 2 heterocycles. The molecule has 0 spiro atoms. The maximum atomic E-state index is 6.07. The van der Waals surface area contributed by atoms with Crippen molar-refractivity contribution in [1.82, 2.24) is 9.38 Å². The fourth-order valence-electron chi connectivity index (χ4n) is 3.26. The van der Waals surface area contributed by atoms with Crippen LogP contribution in [0.4, 0.5) is 0 Å². The number of fused-ring (bicyclic) bond motifs is 3. The van der Waals surface area contributed by atoms with Crippen LogP contribution >= 0.6 is 11.3 Å². The van der Waals surface area contributed by atoms with Crippen molar-refractivity contribution in [3.05, 3.63) is 40.5 Å². The molecule has 0 fully saturated rings. The van der Waals surface area contributed by atoms with E-state index in [-0.39, 0.29) is 0 Å². The molecule has 22 heavy (non-hydrogen) atoms. The molecule has 5 heteroatoms. The predicted octanol–water partition coefficient (Wildman–Crippen LogP) is 3.41. The average Bonchev–Trinajstić information content (AvgIpc) is 3.10. The summed E-state index contributed by atoms with van der Waals surface area (Å²) in [4.78, 5) is 7.45. The Balaban J connectivity index is 1.88. The van der Waals surface area contributed by atoms with Crippen LogP contribution < -0.4 is 10.5 Å². The third kappa shape index (κ3) is 2.04. The third-order valence-electron chi connectivity index (χ3n) is 4.37. The van der Waals surface area contributed by atoms with Gasteiger partial charge in [0.1, 0.15) is 5.75 Å². The Kier molecular flexibility index (Phi) is 3.39. The van der Waals surface area contributed by atoms with Crippen molar-refractivity contribution in [3.63, 3.8) is 0 Å². The normalized spacial score (nSPS) is 14.3. The van der Waals surface area contributed by atoms with E-state index in [2.05, 4.69) is 16.5 Å². The fraction of sp³-hybridized carbons (Fsp3) is 0.353. The molecule has 0 unspecified atom stereocenters. The summed E-state index contributed by atoms with van der Waals surface area (Å²) in [5.41, 5.74) is 10.7. The first-order valence-corrected chi connectivity index (χ1v) is 8.50. The number of hydrogen-bond donors (Lipinski definition) is 1. The summed E-state index contributed by atoms with van der Waals surface area (Å²) >= 11 is 1.82. The van der Waals surface area contributed by atoms with E-state index in [1.165, 1.54) is 29.8 Å². The van der Waals surface area contributed by atoms with E-state index >= 15 is 0 Å². The van der Waals surface area contributed by atoms with Gasteiger partial charge < -0.3 is 10.5 Å². The van der Waals surface area contributed by atoms with Crippen LogP contribution in [0, 0.1) is 0 Å². The summed E-state index contributed by atoms with van der Waals surface area (Å²) in [6.45, 7) is 0.506. The number of methoxy groups -OCH3 is 1. The van der Waals surface area contributed by atoms with Crippen molar-refractivity contribution in [1.29, 1.82) is 0 Å². The highest BCUT2D eigenvalue weighted by Gasteiger charge is 2.22. The number of nitrogens with zero attached hydrogens (tertiary/aromatic N) is 2. The van der Waals surface area contributed by atoms with E-state index in [1.807, 2.05) is 23.5 Å². The number of imidazole rings is 1. The second-order valence-electron chi connectivity index (χ2n) is 5.64. The highest BCUT2D eigenvalue weighted by molar-refractivity contribution is 7.17. The number of hydrogen-bond acceptors (Lipinski definition) is 4. The summed E-state index contributed by atoms with van der Waals surface area (Å²) < 4.78 is 7.54. The van der Waals surface area contributed by atoms with Crippen molar-refractivity contribution in [3.8, 4) is 17.0 Å². The van der Waals surface area contributed by atoms with Crippen molar-refractivity contribution in [2.45, 2.75) is 32.2 Å². The minimum Gasteiger partial charge on any atom is -0.497 e. The molecular weight excluding hydrogens is 294 g/mol. The van der Waals surface area contributed by atoms with E-state index in [4.69, 9.17) is 15.5 Å². The molecule has 1 aromatic carbocycles. The third-order valence-corrected chi connectivity index (χ3v) is 5.52. The fourth-order valence-corrected chi connectivity index (χ4v) is 4.49. The second-order valence-corrected chi connectivity index (χ2v) is 6.70. The Bertz CT molecular complexity index is 817. The van der Waals surface area contributed by atoms with Crippen molar-refractivity contribution in [2.24, 2.45) is 5.73 Å². The van der Waals surface area contributed by atoms with E-state index in [9.17, 15) is 0 Å². The maximum absolute atomic E-state index is 6.07. The molecule has 0 radical (unpaired) electrons. The Hall–Kier alpha value is -1.85. The summed E-state index contributed by atoms with van der Waals surface area (Å²) in [5, 5.41) is 0. The first-order chi connectivity index (χ1) is 10.8. The molecular formula is C17H19N3OS. The van der Waals surface area contributed by atoms with Gasteiger partial charge in [0.25, 0.3) is 0 Å². The topological polar surface area (TPSA) is 52.5 Å². The molecule has 3 aromatic rings. The Morgan fingerprint density at radius 3 is 2.73 bits per heavy atom. The molecule has 1 aliphatic carbocycles. The van der Waals surface area contributed by atoms with Gasteiger partial charge in [-0.1, -0.05) is 0 Å². The Morgan fingerprint density at radius 2 is 2.00 bits per heavy atom. The van der Waals surface area contributed by atoms with Gasteiger partial charge >= 0.3 is 0 Å². The van der Waals surface area contributed by atoms with Gasteiger partial charge in [0.15, 0.2) is 4.96 Å². The SMILES string of the molecule is COc1ccc(-c2nc3sc4c(n3c2CN)CCCC4)cc1. The zero-order chi connectivity index (χ0) is 15.1. The largest absolute Gasteiger partial charge is 0.497 e. The maximum Gasteiger partial charge on any atom is 0.194 e. The molecule has 0 atom stereocenters. The molecule has 0 saturated heterocycles. The minimum atomic E-state index is 0.506. The standard InChI is InChI=1S/C17H19N3OS/c1-21-12-8-6-11(7-9-12)16-14(10-18)20-13-4-2-3-5-15(13)22-17(20)19-16/h6-9H,2-5,10,18H2,1H3. The van der Waals surface area contributed by atoms with E-state index in [1.54, 1.807) is 7.11 Å². The lowest BCUT2D eigenvalue weighted by Crippen LogP contribution is -2.08. The second kappa shape index (κ2) is 5.41. The molecule has 1 aliphatic rings. The number of aryl methyl sites for hydroxylation is 2. The lowest BCUT2D eigenvalue weighted by Gasteiger charge is -2.12. The van der Waals surface area contributed by atoms with Gasteiger partial charge in [0, 0.05) is 22.7 Å². The van der Waals surface area contributed by atoms with Crippen LogP contribution in [0.1, 0.15) is 29.1 Å². The molecule has 2 aromatic heterocycles. The minimum absolute atomic E-state index is 0.506. The van der Waals surface area contributed by atoms with Crippen LogP contribution in [0.15, 0.2) is 24.3 Å². The van der Waals surface area contributed by atoms with Crippen LogP contribution in [-0.2, 0) is 19.4 Å². The van der Waals surface area contributed by atoms with Crippen molar-refractivity contribution >= 4 is 16.3 Å². The van der Waals surface area contributed by atoms with Gasteiger partial charge in [-0.3, -0.25) is 4.40 Å². The summed E-state index contributed by atoms with van der Waals surface area (Å²) in [5.74, 6) is 0.858. The quantitative estimate of drug-likeness (QED) is 0.806. The van der Waals surface area contributed by atoms with Crippen LogP contribution in [0.5, 0.6) is 5.75 Å². The number of aromatic nitrogens is 2. The van der Waals surface area contributed by atoms with Crippen LogP contribution in [0.25, 0.3) is 16.2 Å². The number of nitrogens with two attached hydrogens (primary N) is 1. The van der Waals surface area contributed by atoms with E-state index in [0.29, 0.717) is 6.54 Å². The van der Waals surface area contributed by atoms with Crippen molar-refractivity contribution < 1.29 is 4.74 Å². The number of ether oxygens (including phenoxy) is 1. The predicted molar refractivity (Wildman–Crippen MR) is 89.6 cm³/mol. The molecule has 0 aliphatic heterocycles. The van der Waals surface area contributed by atoms with Crippen molar-refractivity contribution in [2.75, 3.05) is 7.11 Å². The Labute approximate surface area is 133 Å². The van der Waals surface area contributed by atoms with Gasteiger partial charge in [-0.2, -0.15) is 0 Å². The number of benzene rings is 1. The molecule has 0 saturated carbocycles. The monoisotopic (exact) mass is 313 g/mol. The van der Waals surface area contributed by atoms with E-state index < -0.39 is 0 Å². The summed E-state index contributed by atoms with van der Waals surface area (Å²) in [6, 6.07) is 8.05. The van der Waals surface area contributed by atoms with Gasteiger partial charge in [-0.05, 0) is 49.9 Å². The zero-order valence-electron chi connectivity index (χ0n) is 12.6. The number of rotatable bonds is 3. The smallest absolute Gasteiger partial charge is 0.194 e. The number of thiazole rings is 1. The van der Waals surface area contributed by atoms with Gasteiger partial charge in [0.2, 0.25) is 0 Å². The summed E-state index contributed by atoms with van der Waals surface area (Å²) in [6.07, 6.45) is 4.88. The highest BCUT2D eigenvalue weighted by atomic mass is 32.1. The lowest BCUT2D eigenvalue weighted by molar-refractivity contribution is 0.415. The van der Waals surface area contributed by atoms with Gasteiger partial charge in [-0.15, -0.1) is 11.3 Å². The summed E-state index contributed by atoms with van der Waals surface area (Å²) in [7, 11) is 1.68. The van der Waals surface area contributed by atoms with Gasteiger partial charge in [0.05, 0.1) is 18.5 Å². The highest BCUT2D eigenvalue weighted by Crippen LogP contribution is 2.35. The Morgan fingerprint density at radius 1 is 1.23 bits per heavy atom. The molecule has 4 nitrogen and oxygen atoms in total. The molecule has 114 valence electrons. The first-order valence-electron chi connectivity index (χ1n) is 7.68. The van der Waals surface area contributed by atoms with Crippen LogP contribution in [-0.4, -0.2) is 16.5 Å². The van der Waals surface area contributed by atoms with Crippen LogP contribution in [0.2, 0.25) is 0 Å².